The van der Waals surface area contributed by atoms with Gasteiger partial charge in [0.05, 0.1) is 0 Å². The number of sulfone groups is 2. The Morgan fingerprint density at radius 3 is 1.52 bits per heavy atom. The van der Waals surface area contributed by atoms with Crippen LogP contribution in [0, 0.1) is 0 Å². The van der Waals surface area contributed by atoms with Crippen LogP contribution < -0.4 is 0 Å². The molecular weight excluding hydrogens is 400 g/mol. The fourth-order valence-electron chi connectivity index (χ4n) is 2.07. The van der Waals surface area contributed by atoms with Crippen LogP contribution in [0.3, 0.4) is 0 Å². The Hall–Kier alpha value is -0.560. The highest BCUT2D eigenvalue weighted by atomic mass is 32.3. The molecule has 0 N–H and O–H groups in total. The molecule has 0 spiro atoms. The molecule has 25 heavy (non-hydrogen) atoms. The Morgan fingerprint density at radius 1 is 0.760 bits per heavy atom. The lowest BCUT2D eigenvalue weighted by Gasteiger charge is -2.28. The van der Waals surface area contributed by atoms with Crippen LogP contribution in [0.2, 0.25) is 0 Å². The van der Waals surface area contributed by atoms with Crippen molar-refractivity contribution in [1.29, 1.82) is 0 Å². The topological polar surface area (TPSA) is 71.5 Å². The van der Waals surface area contributed by atoms with Crippen molar-refractivity contribution in [3.63, 3.8) is 0 Å². The molecule has 5 nitrogen and oxygen atoms in total. The Morgan fingerprint density at radius 2 is 1.20 bits per heavy atom. The third-order valence-electron chi connectivity index (χ3n) is 3.36. The number of hydrogen-bond donors (Lipinski definition) is 0. The van der Waals surface area contributed by atoms with E-state index in [0.29, 0.717) is 25.7 Å². The first-order chi connectivity index (χ1) is 11.1. The second-order valence-electron chi connectivity index (χ2n) is 5.42. The summed E-state index contributed by atoms with van der Waals surface area (Å²) in [6.45, 7) is 1.98. The predicted octanol–water partition coefficient (Wildman–Crippen LogP) is 3.08. The summed E-state index contributed by atoms with van der Waals surface area (Å²) < 4.78 is 119. The minimum atomic E-state index is -6.57. The lowest BCUT2D eigenvalue weighted by atomic mass is 10.2. The van der Waals surface area contributed by atoms with Crippen LogP contribution in [0.15, 0.2) is 0 Å². The van der Waals surface area contributed by atoms with Crippen molar-refractivity contribution in [2.45, 2.75) is 55.1 Å². The molecule has 152 valence electrons. The van der Waals surface area contributed by atoms with E-state index in [4.69, 9.17) is 0 Å². The third-order valence-corrected chi connectivity index (χ3v) is 7.86. The SMILES string of the molecule is CCCCCN(CCC)CC(S(=O)(=O)C(F)(F)F)S(=O)(=O)C(F)(F)F. The van der Waals surface area contributed by atoms with E-state index < -0.39 is 41.8 Å². The summed E-state index contributed by atoms with van der Waals surface area (Å²) in [5.41, 5.74) is -12.2. The minimum absolute atomic E-state index is 0.00106. The molecule has 0 amide bonds. The van der Waals surface area contributed by atoms with Crippen molar-refractivity contribution in [2.75, 3.05) is 19.6 Å². The molecule has 0 aromatic carbocycles. The molecule has 0 saturated heterocycles. The zero-order valence-electron chi connectivity index (χ0n) is 13.7. The summed E-state index contributed by atoms with van der Waals surface area (Å²) in [5, 5.41) is 0. The smallest absolute Gasteiger partial charge is 0.301 e. The number of unbranched alkanes of at least 4 members (excludes halogenated alkanes) is 2. The van der Waals surface area contributed by atoms with E-state index in [9.17, 15) is 43.2 Å². The molecule has 0 rings (SSSR count). The highest BCUT2D eigenvalue weighted by molar-refractivity contribution is 8.09. The van der Waals surface area contributed by atoms with Gasteiger partial charge in [0.2, 0.25) is 0 Å². The quantitative estimate of drug-likeness (QED) is 0.401. The van der Waals surface area contributed by atoms with Gasteiger partial charge in [0.1, 0.15) is 0 Å². The normalized spacial score (nSPS) is 14.5. The average Bonchev–Trinajstić information content (AvgIpc) is 2.41. The summed E-state index contributed by atoms with van der Waals surface area (Å²) in [6.07, 6.45) is 2.02. The molecule has 0 unspecified atom stereocenters. The zero-order chi connectivity index (χ0) is 20.1. The Labute approximate surface area is 143 Å². The Kier molecular flexibility index (Phi) is 8.69. The summed E-state index contributed by atoms with van der Waals surface area (Å²) in [7, 11) is -13.1. The Bertz CT molecular complexity index is 568. The van der Waals surface area contributed by atoms with Crippen LogP contribution in [0.5, 0.6) is 0 Å². The maximum atomic E-state index is 12.7. The highest BCUT2D eigenvalue weighted by Gasteiger charge is 2.63. The fourth-order valence-corrected chi connectivity index (χ4v) is 5.47. The van der Waals surface area contributed by atoms with Crippen molar-refractivity contribution in [3.05, 3.63) is 0 Å². The van der Waals surface area contributed by atoms with Gasteiger partial charge in [-0.1, -0.05) is 26.7 Å². The Balaban J connectivity index is 5.91. The molecule has 0 aromatic heterocycles. The zero-order valence-corrected chi connectivity index (χ0v) is 15.3. The van der Waals surface area contributed by atoms with Crippen molar-refractivity contribution in [2.24, 2.45) is 0 Å². The maximum absolute atomic E-state index is 12.7. The number of halogens is 6. The van der Waals surface area contributed by atoms with Crippen LogP contribution in [0.4, 0.5) is 26.3 Å². The van der Waals surface area contributed by atoms with E-state index in [1.54, 1.807) is 6.92 Å². The lowest BCUT2D eigenvalue weighted by molar-refractivity contribution is -0.0475. The first-order valence-corrected chi connectivity index (χ1v) is 10.5. The largest absolute Gasteiger partial charge is 0.498 e. The summed E-state index contributed by atoms with van der Waals surface area (Å²) in [4.78, 5) is 1.01. The van der Waals surface area contributed by atoms with E-state index in [1.807, 2.05) is 6.92 Å². The molecule has 0 radical (unpaired) electrons. The van der Waals surface area contributed by atoms with E-state index in [-0.39, 0.29) is 13.1 Å². The molecule has 0 aromatic rings. The highest BCUT2D eigenvalue weighted by Crippen LogP contribution is 2.36. The van der Waals surface area contributed by atoms with E-state index in [0.717, 1.165) is 4.90 Å². The van der Waals surface area contributed by atoms with Crippen molar-refractivity contribution in [3.8, 4) is 0 Å². The molecule has 0 bridgehead atoms. The average molecular weight is 421 g/mol. The number of alkyl halides is 6. The summed E-state index contributed by atoms with van der Waals surface area (Å²) in [5.74, 6) is 0. The van der Waals surface area contributed by atoms with Gasteiger partial charge in [-0.2, -0.15) is 26.3 Å². The molecule has 0 heterocycles. The van der Waals surface area contributed by atoms with Crippen LogP contribution in [-0.2, 0) is 19.7 Å². The second-order valence-corrected chi connectivity index (χ2v) is 9.96. The van der Waals surface area contributed by atoms with Crippen LogP contribution >= 0.6 is 0 Å². The standard InChI is InChI=1S/C12H21F6NO4S2/c1-3-5-6-8-19(7-4-2)9-10(24(20,21)11(13,14)15)25(22,23)12(16,17)18/h10H,3-9H2,1-2H3. The van der Waals surface area contributed by atoms with Crippen LogP contribution in [-0.4, -0.2) is 57.0 Å². The number of hydrogen-bond acceptors (Lipinski definition) is 5. The number of nitrogens with zero attached hydrogens (tertiary/aromatic N) is 1. The molecule has 13 heteroatoms. The van der Waals surface area contributed by atoms with E-state index in [2.05, 4.69) is 0 Å². The molecule has 0 aliphatic heterocycles. The minimum Gasteiger partial charge on any atom is -0.301 e. The molecule has 0 aliphatic rings. The third kappa shape index (κ3) is 6.27. The summed E-state index contributed by atoms with van der Waals surface area (Å²) >= 11 is 0. The first kappa shape index (κ1) is 24.4. The second kappa shape index (κ2) is 8.89. The molecule has 0 saturated carbocycles. The lowest BCUT2D eigenvalue weighted by Crippen LogP contribution is -2.50. The molecule has 0 atom stereocenters. The van der Waals surface area contributed by atoms with Crippen molar-refractivity contribution in [1.82, 2.24) is 4.90 Å². The molecule has 0 aliphatic carbocycles. The van der Waals surface area contributed by atoms with E-state index in [1.165, 1.54) is 0 Å². The van der Waals surface area contributed by atoms with Gasteiger partial charge in [-0.25, -0.2) is 16.8 Å². The van der Waals surface area contributed by atoms with Gasteiger partial charge in [-0.3, -0.25) is 0 Å². The van der Waals surface area contributed by atoms with Crippen molar-refractivity contribution >= 4 is 19.7 Å². The fraction of sp³-hybridized carbons (Fsp3) is 1.00. The van der Waals surface area contributed by atoms with Crippen molar-refractivity contribution < 1.29 is 43.2 Å². The molecule has 0 fully saturated rings. The number of rotatable bonds is 10. The molecular formula is C12H21F6NO4S2. The van der Waals surface area contributed by atoms with E-state index >= 15 is 0 Å². The first-order valence-electron chi connectivity index (χ1n) is 7.45. The van der Waals surface area contributed by atoms with Crippen LogP contribution in [0.25, 0.3) is 0 Å². The maximum Gasteiger partial charge on any atom is 0.498 e. The monoisotopic (exact) mass is 421 g/mol. The summed E-state index contributed by atoms with van der Waals surface area (Å²) in [6, 6.07) is 0. The predicted molar refractivity (Wildman–Crippen MR) is 80.0 cm³/mol. The van der Waals surface area contributed by atoms with Gasteiger partial charge in [-0.15, -0.1) is 0 Å². The van der Waals surface area contributed by atoms with Gasteiger partial charge in [-0.05, 0) is 25.9 Å². The van der Waals surface area contributed by atoms with Gasteiger partial charge >= 0.3 is 11.0 Å². The van der Waals surface area contributed by atoms with Gasteiger partial charge in [0.25, 0.3) is 19.7 Å². The van der Waals surface area contributed by atoms with Crippen LogP contribution in [0.1, 0.15) is 39.5 Å². The van der Waals surface area contributed by atoms with Gasteiger partial charge in [0.15, 0.2) is 4.58 Å². The van der Waals surface area contributed by atoms with Gasteiger partial charge < -0.3 is 4.90 Å². The van der Waals surface area contributed by atoms with Gasteiger partial charge in [0, 0.05) is 6.54 Å².